The second kappa shape index (κ2) is 10.2. The summed E-state index contributed by atoms with van der Waals surface area (Å²) in [5, 5.41) is 0. The van der Waals surface area contributed by atoms with Crippen LogP contribution in [-0.2, 0) is 0 Å². The molecule has 4 N–H and O–H groups in total. The van der Waals surface area contributed by atoms with Gasteiger partial charge in [-0.3, -0.25) is 4.90 Å². The number of hydrogen-bond acceptors (Lipinski definition) is 4. The molecule has 0 aromatic heterocycles. The van der Waals surface area contributed by atoms with Crippen molar-refractivity contribution in [1.29, 1.82) is 0 Å². The van der Waals surface area contributed by atoms with Crippen molar-refractivity contribution in [2.24, 2.45) is 0 Å². The lowest BCUT2D eigenvalue weighted by Gasteiger charge is -2.38. The van der Waals surface area contributed by atoms with Gasteiger partial charge in [0, 0.05) is 31.4 Å². The first kappa shape index (κ1) is 23.7. The summed E-state index contributed by atoms with van der Waals surface area (Å²) < 4.78 is 6.83. The Labute approximate surface area is 151 Å². The predicted molar refractivity (Wildman–Crippen MR) is 93.5 cm³/mol. The van der Waals surface area contributed by atoms with E-state index in [0.29, 0.717) is 23.7 Å². The molecule has 130 valence electrons. The van der Waals surface area contributed by atoms with E-state index in [4.69, 9.17) is 16.2 Å². The van der Waals surface area contributed by atoms with E-state index in [1.165, 1.54) is 13.1 Å². The van der Waals surface area contributed by atoms with Crippen LogP contribution in [0.4, 0.5) is 11.4 Å². The molecule has 0 aliphatic carbocycles. The molecule has 0 spiro atoms. The summed E-state index contributed by atoms with van der Waals surface area (Å²) in [5.41, 5.74) is 12.9. The highest BCUT2D eigenvalue weighted by Gasteiger charge is 2.23. The molecule has 1 aliphatic heterocycles. The molecule has 1 saturated heterocycles. The second-order valence-electron chi connectivity index (χ2n) is 5.87. The monoisotopic (exact) mass is 372 g/mol. The number of halogens is 3. The third kappa shape index (κ3) is 7.11. The molecule has 2 rings (SSSR count). The highest BCUT2D eigenvalue weighted by molar-refractivity contribution is 5.85. The zero-order valence-corrected chi connectivity index (χ0v) is 15.5. The van der Waals surface area contributed by atoms with Gasteiger partial charge < -0.3 is 33.1 Å². The SMILES string of the molecule is C[N+]1(C)CCN(CCOc2cc(N)ccc2N)CC1.Cl.Cl.[Cl-]. The molecule has 8 heteroatoms. The topological polar surface area (TPSA) is 64.5 Å². The minimum absolute atomic E-state index is 0. The Kier molecular flexibility index (Phi) is 11.0. The number of ether oxygens (including phenoxy) is 1. The summed E-state index contributed by atoms with van der Waals surface area (Å²) in [6, 6.07) is 5.35. The van der Waals surface area contributed by atoms with E-state index in [9.17, 15) is 0 Å². The van der Waals surface area contributed by atoms with E-state index < -0.39 is 0 Å². The predicted octanol–water partition coefficient (Wildman–Crippen LogP) is -1.53. The van der Waals surface area contributed by atoms with Gasteiger partial charge in [0.1, 0.15) is 12.4 Å². The minimum atomic E-state index is 0. The molecular formula is C14H27Cl3N4O. The molecule has 1 fully saturated rings. The lowest BCUT2D eigenvalue weighted by molar-refractivity contribution is -0.894. The first-order valence-corrected chi connectivity index (χ1v) is 6.78. The number of nitrogen functional groups attached to an aromatic ring is 2. The fourth-order valence-electron chi connectivity index (χ4n) is 2.23. The molecule has 1 aliphatic rings. The summed E-state index contributed by atoms with van der Waals surface area (Å²) >= 11 is 0. The average Bonchev–Trinajstić information content (AvgIpc) is 2.35. The zero-order valence-electron chi connectivity index (χ0n) is 13.1. The number of nitrogens with two attached hydrogens (primary N) is 2. The van der Waals surface area contributed by atoms with Crippen LogP contribution in [0.25, 0.3) is 0 Å². The Balaban J connectivity index is 0. The van der Waals surface area contributed by atoms with Gasteiger partial charge in [-0.2, -0.15) is 0 Å². The third-order valence-corrected chi connectivity index (χ3v) is 3.75. The van der Waals surface area contributed by atoms with E-state index in [0.717, 1.165) is 24.1 Å². The summed E-state index contributed by atoms with van der Waals surface area (Å²) in [5.74, 6) is 0.688. The van der Waals surface area contributed by atoms with Crippen LogP contribution in [0.5, 0.6) is 5.75 Å². The van der Waals surface area contributed by atoms with E-state index in [1.807, 2.05) is 0 Å². The molecule has 0 unspecified atom stereocenters. The molecule has 1 heterocycles. The molecular weight excluding hydrogens is 347 g/mol. The number of rotatable bonds is 4. The molecule has 0 bridgehead atoms. The highest BCUT2D eigenvalue weighted by atomic mass is 35.5. The van der Waals surface area contributed by atoms with Gasteiger partial charge in [0.25, 0.3) is 0 Å². The Morgan fingerprint density at radius 2 is 1.73 bits per heavy atom. The van der Waals surface area contributed by atoms with Crippen LogP contribution in [0.2, 0.25) is 0 Å². The van der Waals surface area contributed by atoms with Crippen LogP contribution in [0, 0.1) is 0 Å². The van der Waals surface area contributed by atoms with Crippen LogP contribution in [0.15, 0.2) is 18.2 Å². The van der Waals surface area contributed by atoms with Crippen molar-refractivity contribution in [2.75, 3.05) is 64.9 Å². The van der Waals surface area contributed by atoms with Crippen molar-refractivity contribution < 1.29 is 21.6 Å². The van der Waals surface area contributed by atoms with E-state index in [1.54, 1.807) is 18.2 Å². The van der Waals surface area contributed by atoms with Crippen LogP contribution in [-0.4, -0.2) is 62.8 Å². The molecule has 0 atom stereocenters. The van der Waals surface area contributed by atoms with Gasteiger partial charge in [-0.1, -0.05) is 0 Å². The first-order valence-electron chi connectivity index (χ1n) is 6.78. The number of likely N-dealkylation sites (N-methyl/N-ethyl adjacent to an activating group) is 1. The quantitative estimate of drug-likeness (QED) is 0.496. The van der Waals surface area contributed by atoms with Crippen LogP contribution in [0.3, 0.4) is 0 Å². The van der Waals surface area contributed by atoms with E-state index >= 15 is 0 Å². The lowest BCUT2D eigenvalue weighted by Crippen LogP contribution is -3.00. The third-order valence-electron chi connectivity index (χ3n) is 3.75. The second-order valence-corrected chi connectivity index (χ2v) is 5.87. The fourth-order valence-corrected chi connectivity index (χ4v) is 2.23. The maximum Gasteiger partial charge on any atom is 0.144 e. The molecule has 0 saturated carbocycles. The highest BCUT2D eigenvalue weighted by Crippen LogP contribution is 2.23. The van der Waals surface area contributed by atoms with Gasteiger partial charge in [-0.15, -0.1) is 24.8 Å². The number of quaternary nitrogens is 1. The minimum Gasteiger partial charge on any atom is -1.00 e. The van der Waals surface area contributed by atoms with Crippen molar-refractivity contribution >= 4 is 36.2 Å². The van der Waals surface area contributed by atoms with Gasteiger partial charge in [0.05, 0.1) is 32.9 Å². The van der Waals surface area contributed by atoms with Crippen molar-refractivity contribution in [3.63, 3.8) is 0 Å². The molecule has 0 radical (unpaired) electrons. The Morgan fingerprint density at radius 3 is 2.32 bits per heavy atom. The van der Waals surface area contributed by atoms with Crippen LogP contribution >= 0.6 is 24.8 Å². The van der Waals surface area contributed by atoms with Crippen molar-refractivity contribution in [3.05, 3.63) is 18.2 Å². The molecule has 5 nitrogen and oxygen atoms in total. The van der Waals surface area contributed by atoms with Gasteiger partial charge in [0.2, 0.25) is 0 Å². The zero-order chi connectivity index (χ0) is 13.9. The van der Waals surface area contributed by atoms with E-state index in [-0.39, 0.29) is 37.2 Å². The average molecular weight is 374 g/mol. The Bertz CT molecular complexity index is 436. The summed E-state index contributed by atoms with van der Waals surface area (Å²) in [4.78, 5) is 2.44. The Morgan fingerprint density at radius 1 is 1.14 bits per heavy atom. The molecule has 1 aromatic carbocycles. The van der Waals surface area contributed by atoms with Gasteiger partial charge >= 0.3 is 0 Å². The number of piperazine rings is 1. The van der Waals surface area contributed by atoms with E-state index in [2.05, 4.69) is 19.0 Å². The van der Waals surface area contributed by atoms with Gasteiger partial charge in [-0.05, 0) is 12.1 Å². The fraction of sp³-hybridized carbons (Fsp3) is 0.571. The normalized spacial score (nSPS) is 16.6. The molecule has 1 aromatic rings. The first-order chi connectivity index (χ1) is 8.96. The maximum atomic E-state index is 5.85. The maximum absolute atomic E-state index is 5.85. The van der Waals surface area contributed by atoms with Crippen molar-refractivity contribution in [1.82, 2.24) is 4.90 Å². The summed E-state index contributed by atoms with van der Waals surface area (Å²) in [6.45, 7) is 6.24. The van der Waals surface area contributed by atoms with Crippen LogP contribution < -0.4 is 28.6 Å². The summed E-state index contributed by atoms with van der Waals surface area (Å²) in [6.07, 6.45) is 0. The smallest absolute Gasteiger partial charge is 0.144 e. The van der Waals surface area contributed by atoms with Crippen LogP contribution in [0.1, 0.15) is 0 Å². The lowest BCUT2D eigenvalue weighted by atomic mass is 10.2. The summed E-state index contributed by atoms with van der Waals surface area (Å²) in [7, 11) is 4.56. The number of hydrogen-bond donors (Lipinski definition) is 2. The Hall–Kier alpha value is -0.590. The van der Waals surface area contributed by atoms with Gasteiger partial charge in [-0.25, -0.2) is 0 Å². The largest absolute Gasteiger partial charge is 1.00 e. The molecule has 22 heavy (non-hydrogen) atoms. The standard InChI is InChI=1S/C14H25N4O.3ClH/c1-18(2)8-5-17(6-9-18)7-10-19-14-11-12(15)3-4-13(14)16;;;/h3-4,11H,5-10,15-16H2,1-2H3;3*1H/q+1;;;/p-1. The number of anilines is 2. The van der Waals surface area contributed by atoms with Gasteiger partial charge in [0.15, 0.2) is 0 Å². The van der Waals surface area contributed by atoms with Crippen molar-refractivity contribution in [2.45, 2.75) is 0 Å². The number of benzene rings is 1. The number of nitrogens with zero attached hydrogens (tertiary/aromatic N) is 2. The van der Waals surface area contributed by atoms with Crippen molar-refractivity contribution in [3.8, 4) is 5.75 Å². The molecule has 0 amide bonds.